The van der Waals surface area contributed by atoms with Crippen LogP contribution in [0.5, 0.6) is 0 Å². The zero-order chi connectivity index (χ0) is 16.3. The lowest BCUT2D eigenvalue weighted by Gasteiger charge is -2.17. The van der Waals surface area contributed by atoms with E-state index in [1.54, 1.807) is 45.0 Å². The summed E-state index contributed by atoms with van der Waals surface area (Å²) in [5.41, 5.74) is 0.231. The first-order chi connectivity index (χ1) is 10.3. The highest BCUT2D eigenvalue weighted by molar-refractivity contribution is 5.91. The molecule has 0 saturated carbocycles. The predicted molar refractivity (Wildman–Crippen MR) is 85.0 cm³/mol. The van der Waals surface area contributed by atoms with Crippen molar-refractivity contribution in [3.05, 3.63) is 59.2 Å². The Balaban J connectivity index is 2.28. The highest BCUT2D eigenvalue weighted by Gasteiger charge is 2.13. The summed E-state index contributed by atoms with van der Waals surface area (Å²) < 4.78 is 18.7. The average molecular weight is 297 g/mol. The zero-order valence-corrected chi connectivity index (χ0v) is 12.7. The van der Waals surface area contributed by atoms with Gasteiger partial charge in [-0.1, -0.05) is 12.1 Å². The first-order valence-electron chi connectivity index (χ1n) is 6.80. The maximum Gasteiger partial charge on any atom is 0.331 e. The highest BCUT2D eigenvalue weighted by Crippen LogP contribution is 2.26. The van der Waals surface area contributed by atoms with E-state index in [9.17, 15) is 9.18 Å². The van der Waals surface area contributed by atoms with E-state index in [-0.39, 0.29) is 5.69 Å². The van der Waals surface area contributed by atoms with E-state index in [0.29, 0.717) is 5.39 Å². The Hall–Kier alpha value is -2.67. The molecule has 0 N–H and O–H groups in total. The van der Waals surface area contributed by atoms with Gasteiger partial charge in [0.1, 0.15) is 11.4 Å². The monoisotopic (exact) mass is 297 g/mol. The van der Waals surface area contributed by atoms with Crippen molar-refractivity contribution in [2.24, 2.45) is 0 Å². The van der Waals surface area contributed by atoms with E-state index in [4.69, 9.17) is 11.3 Å². The molecule has 0 saturated heterocycles. The molecule has 2 aromatic carbocycles. The van der Waals surface area contributed by atoms with E-state index >= 15 is 0 Å². The molecule has 2 aromatic rings. The molecule has 0 atom stereocenters. The summed E-state index contributed by atoms with van der Waals surface area (Å²) in [4.78, 5) is 14.8. The van der Waals surface area contributed by atoms with Gasteiger partial charge in [0, 0.05) is 6.08 Å². The molecule has 22 heavy (non-hydrogen) atoms. The number of esters is 1. The molecule has 112 valence electrons. The second kappa shape index (κ2) is 5.98. The highest BCUT2D eigenvalue weighted by atomic mass is 19.1. The van der Waals surface area contributed by atoms with Crippen LogP contribution in [0.4, 0.5) is 10.1 Å². The second-order valence-corrected chi connectivity index (χ2v) is 5.89. The van der Waals surface area contributed by atoms with Gasteiger partial charge in [0.2, 0.25) is 5.69 Å². The molecule has 0 aliphatic carbocycles. The minimum absolute atomic E-state index is 0.0132. The third-order valence-electron chi connectivity index (χ3n) is 2.87. The molecule has 0 radical (unpaired) electrons. The third kappa shape index (κ3) is 3.92. The van der Waals surface area contributed by atoms with Crippen LogP contribution >= 0.6 is 0 Å². The molecule has 0 heterocycles. The van der Waals surface area contributed by atoms with Gasteiger partial charge in [0.15, 0.2) is 0 Å². The van der Waals surface area contributed by atoms with Crippen LogP contribution in [0.15, 0.2) is 36.4 Å². The quantitative estimate of drug-likeness (QED) is 0.449. The number of carbonyl (C=O) groups is 1. The summed E-state index contributed by atoms with van der Waals surface area (Å²) >= 11 is 0. The molecule has 0 unspecified atom stereocenters. The van der Waals surface area contributed by atoms with Crippen LogP contribution in [0.25, 0.3) is 21.7 Å². The molecule has 0 bridgehead atoms. The molecule has 3 nitrogen and oxygen atoms in total. The molecule has 0 aromatic heterocycles. The van der Waals surface area contributed by atoms with E-state index in [0.717, 1.165) is 10.9 Å². The number of halogens is 1. The van der Waals surface area contributed by atoms with E-state index in [1.807, 2.05) is 0 Å². The van der Waals surface area contributed by atoms with E-state index in [2.05, 4.69) is 4.85 Å². The summed E-state index contributed by atoms with van der Waals surface area (Å²) in [6, 6.07) is 8.16. The van der Waals surface area contributed by atoms with Crippen LogP contribution in [0.1, 0.15) is 26.3 Å². The summed E-state index contributed by atoms with van der Waals surface area (Å²) in [5.74, 6) is -0.951. The summed E-state index contributed by atoms with van der Waals surface area (Å²) in [5, 5.41) is 1.46. The standard InChI is InChI=1S/C18H16FNO2/c1-18(2,3)22-17(21)8-6-12-5-7-13-10-15(19)16(20-4)11-14(13)9-12/h5-11H,1-3H3/b8-6+. The number of benzene rings is 2. The van der Waals surface area contributed by atoms with E-state index in [1.165, 1.54) is 18.2 Å². The Labute approximate surface area is 128 Å². The van der Waals surface area contributed by atoms with Crippen LogP contribution in [0, 0.1) is 12.4 Å². The van der Waals surface area contributed by atoms with Gasteiger partial charge in [-0.2, -0.15) is 0 Å². The predicted octanol–water partition coefficient (Wildman–Crippen LogP) is 4.88. The topological polar surface area (TPSA) is 30.7 Å². The van der Waals surface area contributed by atoms with Gasteiger partial charge in [-0.3, -0.25) is 0 Å². The number of rotatable bonds is 2. The van der Waals surface area contributed by atoms with Gasteiger partial charge in [0.25, 0.3) is 0 Å². The van der Waals surface area contributed by atoms with Crippen molar-refractivity contribution in [3.8, 4) is 0 Å². The summed E-state index contributed by atoms with van der Waals surface area (Å²) in [6.07, 6.45) is 2.99. The normalized spacial score (nSPS) is 11.6. The van der Waals surface area contributed by atoms with Crippen LogP contribution in [0.2, 0.25) is 0 Å². The molecule has 0 fully saturated rings. The van der Waals surface area contributed by atoms with Crippen molar-refractivity contribution in [1.82, 2.24) is 0 Å². The third-order valence-corrected chi connectivity index (χ3v) is 2.87. The fourth-order valence-corrected chi connectivity index (χ4v) is 1.97. The van der Waals surface area contributed by atoms with Crippen molar-refractivity contribution in [2.75, 3.05) is 0 Å². The molecule has 0 aliphatic rings. The maximum absolute atomic E-state index is 13.5. The molecule has 0 aliphatic heterocycles. The van der Waals surface area contributed by atoms with Crippen molar-refractivity contribution >= 4 is 28.5 Å². The molecule has 0 amide bonds. The van der Waals surface area contributed by atoms with Gasteiger partial charge in [-0.05, 0) is 61.4 Å². The van der Waals surface area contributed by atoms with Crippen LogP contribution < -0.4 is 0 Å². The Morgan fingerprint density at radius 1 is 1.23 bits per heavy atom. The summed E-state index contributed by atoms with van der Waals surface area (Å²) in [6.45, 7) is 12.3. The van der Waals surface area contributed by atoms with E-state index < -0.39 is 17.4 Å². The van der Waals surface area contributed by atoms with Crippen molar-refractivity contribution in [1.29, 1.82) is 0 Å². The van der Waals surface area contributed by atoms with Crippen LogP contribution in [-0.4, -0.2) is 11.6 Å². The number of hydrogen-bond acceptors (Lipinski definition) is 2. The fraction of sp³-hybridized carbons (Fsp3) is 0.222. The van der Waals surface area contributed by atoms with Gasteiger partial charge in [0.05, 0.1) is 6.57 Å². The van der Waals surface area contributed by atoms with Gasteiger partial charge in [-0.15, -0.1) is 0 Å². The van der Waals surface area contributed by atoms with Gasteiger partial charge in [-0.25, -0.2) is 14.0 Å². The first kappa shape index (κ1) is 15.7. The van der Waals surface area contributed by atoms with Gasteiger partial charge < -0.3 is 4.74 Å². The van der Waals surface area contributed by atoms with Crippen molar-refractivity contribution < 1.29 is 13.9 Å². The maximum atomic E-state index is 13.5. The van der Waals surface area contributed by atoms with Crippen LogP contribution in [0.3, 0.4) is 0 Å². The number of carbonyl (C=O) groups excluding carboxylic acids is 1. The molecule has 0 spiro atoms. The average Bonchev–Trinajstić information content (AvgIpc) is 2.42. The molecular weight excluding hydrogens is 281 g/mol. The summed E-state index contributed by atoms with van der Waals surface area (Å²) in [7, 11) is 0. The lowest BCUT2D eigenvalue weighted by atomic mass is 10.1. The molecular formula is C18H16FNO2. The number of nitrogens with zero attached hydrogens (tertiary/aromatic N) is 1. The SMILES string of the molecule is [C-]#[N+]c1cc2cc(/C=C/C(=O)OC(C)(C)C)ccc2cc1F. The Morgan fingerprint density at radius 2 is 1.95 bits per heavy atom. The molecule has 4 heteroatoms. The Morgan fingerprint density at radius 3 is 2.59 bits per heavy atom. The second-order valence-electron chi connectivity index (χ2n) is 5.89. The number of fused-ring (bicyclic) bond motifs is 1. The Bertz CT molecular complexity index is 795. The first-order valence-corrected chi connectivity index (χ1v) is 6.80. The lowest BCUT2D eigenvalue weighted by molar-refractivity contribution is -0.148. The largest absolute Gasteiger partial charge is 0.457 e. The number of hydrogen-bond donors (Lipinski definition) is 0. The van der Waals surface area contributed by atoms with Crippen molar-refractivity contribution in [2.45, 2.75) is 26.4 Å². The van der Waals surface area contributed by atoms with Crippen molar-refractivity contribution in [3.63, 3.8) is 0 Å². The minimum Gasteiger partial charge on any atom is -0.457 e. The van der Waals surface area contributed by atoms with Gasteiger partial charge >= 0.3 is 5.97 Å². The smallest absolute Gasteiger partial charge is 0.331 e. The van der Waals surface area contributed by atoms with Crippen LogP contribution in [-0.2, 0) is 9.53 Å². The number of ether oxygens (including phenoxy) is 1. The Kier molecular flexibility index (Phi) is 4.27. The minimum atomic E-state index is -0.535. The molecule has 2 rings (SSSR count). The lowest BCUT2D eigenvalue weighted by Crippen LogP contribution is -2.22. The fourth-order valence-electron chi connectivity index (χ4n) is 1.97. The zero-order valence-electron chi connectivity index (χ0n) is 12.7.